The number of hydrogen-bond acceptors (Lipinski definition) is 5. The normalized spacial score (nSPS) is 12.7. The van der Waals surface area contributed by atoms with Crippen molar-refractivity contribution in [3.63, 3.8) is 0 Å². The standard InChI is InChI=1S/C15H27NO4/c1-2-3-8-18-10-11-19-13-14(17)12-16-7-6-15-5-4-9-20-15/h4-5,9,14,16-17H,2-3,6-8,10-13H2,1H3. The van der Waals surface area contributed by atoms with E-state index in [-0.39, 0.29) is 0 Å². The molecule has 0 aliphatic heterocycles. The summed E-state index contributed by atoms with van der Waals surface area (Å²) in [5.41, 5.74) is 0. The molecule has 116 valence electrons. The van der Waals surface area contributed by atoms with E-state index in [1.807, 2.05) is 12.1 Å². The Kier molecular flexibility index (Phi) is 10.2. The summed E-state index contributed by atoms with van der Waals surface area (Å²) in [5.74, 6) is 0.951. The highest BCUT2D eigenvalue weighted by molar-refractivity contribution is 4.98. The molecule has 1 atom stereocenters. The van der Waals surface area contributed by atoms with Crippen molar-refractivity contribution in [2.45, 2.75) is 32.3 Å². The SMILES string of the molecule is CCCCOCCOCC(O)CNCCc1ccco1. The van der Waals surface area contributed by atoms with Gasteiger partial charge in [-0.05, 0) is 18.6 Å². The Morgan fingerprint density at radius 2 is 2.15 bits per heavy atom. The number of aliphatic hydroxyl groups is 1. The van der Waals surface area contributed by atoms with Gasteiger partial charge in [0.25, 0.3) is 0 Å². The van der Waals surface area contributed by atoms with Crippen LogP contribution in [0.3, 0.4) is 0 Å². The second kappa shape index (κ2) is 11.9. The van der Waals surface area contributed by atoms with Gasteiger partial charge in [0.15, 0.2) is 0 Å². The highest BCUT2D eigenvalue weighted by Gasteiger charge is 2.04. The molecule has 0 saturated heterocycles. The first-order valence-electron chi connectivity index (χ1n) is 7.39. The summed E-state index contributed by atoms with van der Waals surface area (Å²) < 4.78 is 15.9. The summed E-state index contributed by atoms with van der Waals surface area (Å²) in [7, 11) is 0. The predicted octanol–water partition coefficient (Wildman–Crippen LogP) is 1.61. The molecule has 0 aliphatic rings. The molecule has 0 aromatic carbocycles. The van der Waals surface area contributed by atoms with E-state index in [0.717, 1.165) is 38.2 Å². The van der Waals surface area contributed by atoms with Crippen molar-refractivity contribution in [3.05, 3.63) is 24.2 Å². The predicted molar refractivity (Wildman–Crippen MR) is 77.8 cm³/mol. The van der Waals surface area contributed by atoms with Gasteiger partial charge in [-0.3, -0.25) is 0 Å². The third-order valence-corrected chi connectivity index (χ3v) is 2.83. The molecule has 0 amide bonds. The molecule has 0 spiro atoms. The van der Waals surface area contributed by atoms with Crippen LogP contribution in [0.15, 0.2) is 22.8 Å². The number of unbranched alkanes of at least 4 members (excludes halogenated alkanes) is 1. The van der Waals surface area contributed by atoms with Gasteiger partial charge in [0.1, 0.15) is 5.76 Å². The van der Waals surface area contributed by atoms with Crippen molar-refractivity contribution in [3.8, 4) is 0 Å². The third-order valence-electron chi connectivity index (χ3n) is 2.83. The molecule has 1 heterocycles. The Labute approximate surface area is 121 Å². The molecular weight excluding hydrogens is 258 g/mol. The van der Waals surface area contributed by atoms with E-state index in [2.05, 4.69) is 12.2 Å². The molecule has 0 bridgehead atoms. The van der Waals surface area contributed by atoms with Gasteiger partial charge in [-0.25, -0.2) is 0 Å². The zero-order valence-electron chi connectivity index (χ0n) is 12.3. The lowest BCUT2D eigenvalue weighted by molar-refractivity contribution is 0.00399. The van der Waals surface area contributed by atoms with Crippen molar-refractivity contribution in [2.75, 3.05) is 39.5 Å². The van der Waals surface area contributed by atoms with Gasteiger partial charge in [-0.2, -0.15) is 0 Å². The van der Waals surface area contributed by atoms with Crippen molar-refractivity contribution in [1.29, 1.82) is 0 Å². The van der Waals surface area contributed by atoms with E-state index in [1.165, 1.54) is 0 Å². The van der Waals surface area contributed by atoms with Crippen LogP contribution in [0.4, 0.5) is 0 Å². The van der Waals surface area contributed by atoms with Gasteiger partial charge >= 0.3 is 0 Å². The number of furan rings is 1. The minimum Gasteiger partial charge on any atom is -0.469 e. The topological polar surface area (TPSA) is 63.9 Å². The first-order chi connectivity index (χ1) is 9.83. The number of ether oxygens (including phenoxy) is 2. The quantitative estimate of drug-likeness (QED) is 0.539. The van der Waals surface area contributed by atoms with Gasteiger partial charge in [0.2, 0.25) is 0 Å². The van der Waals surface area contributed by atoms with Crippen LogP contribution in [0.25, 0.3) is 0 Å². The number of nitrogens with one attached hydrogen (secondary N) is 1. The number of aliphatic hydroxyl groups excluding tert-OH is 1. The minimum absolute atomic E-state index is 0.338. The summed E-state index contributed by atoms with van der Waals surface area (Å²) in [6, 6.07) is 3.82. The largest absolute Gasteiger partial charge is 0.469 e. The Morgan fingerprint density at radius 1 is 1.30 bits per heavy atom. The maximum atomic E-state index is 9.70. The van der Waals surface area contributed by atoms with E-state index in [0.29, 0.717) is 26.4 Å². The first-order valence-corrected chi connectivity index (χ1v) is 7.39. The molecule has 2 N–H and O–H groups in total. The molecule has 0 saturated carbocycles. The zero-order valence-corrected chi connectivity index (χ0v) is 12.3. The molecule has 1 aromatic rings. The van der Waals surface area contributed by atoms with Crippen LogP contribution in [-0.2, 0) is 15.9 Å². The highest BCUT2D eigenvalue weighted by Crippen LogP contribution is 1.99. The minimum atomic E-state index is -0.484. The van der Waals surface area contributed by atoms with Crippen LogP contribution < -0.4 is 5.32 Å². The van der Waals surface area contributed by atoms with Crippen LogP contribution in [0.5, 0.6) is 0 Å². The summed E-state index contributed by atoms with van der Waals surface area (Å²) in [6.07, 6.45) is 4.24. The van der Waals surface area contributed by atoms with Gasteiger partial charge in [0.05, 0.1) is 32.2 Å². The molecule has 5 heteroatoms. The molecule has 20 heavy (non-hydrogen) atoms. The Balaban J connectivity index is 1.84. The average Bonchev–Trinajstić information content (AvgIpc) is 2.96. The Bertz CT molecular complexity index is 303. The summed E-state index contributed by atoms with van der Waals surface area (Å²) >= 11 is 0. The first kappa shape index (κ1) is 17.2. The molecule has 0 radical (unpaired) electrons. The van der Waals surface area contributed by atoms with Crippen molar-refractivity contribution in [2.24, 2.45) is 0 Å². The van der Waals surface area contributed by atoms with Crippen molar-refractivity contribution in [1.82, 2.24) is 5.32 Å². The molecule has 1 aromatic heterocycles. The molecule has 0 fully saturated rings. The third kappa shape index (κ3) is 9.09. The number of hydrogen-bond donors (Lipinski definition) is 2. The monoisotopic (exact) mass is 285 g/mol. The fraction of sp³-hybridized carbons (Fsp3) is 0.733. The highest BCUT2D eigenvalue weighted by atomic mass is 16.5. The smallest absolute Gasteiger partial charge is 0.105 e. The molecular formula is C15H27NO4. The average molecular weight is 285 g/mol. The summed E-state index contributed by atoms with van der Waals surface area (Å²) in [6.45, 7) is 5.70. The van der Waals surface area contributed by atoms with E-state index in [1.54, 1.807) is 6.26 Å². The van der Waals surface area contributed by atoms with Gasteiger partial charge in [-0.15, -0.1) is 0 Å². The van der Waals surface area contributed by atoms with E-state index in [9.17, 15) is 5.11 Å². The number of rotatable bonds is 13. The summed E-state index contributed by atoms with van der Waals surface area (Å²) in [5, 5.41) is 12.9. The Hall–Kier alpha value is -0.880. The second-order valence-electron chi connectivity index (χ2n) is 4.73. The van der Waals surface area contributed by atoms with Crippen LogP contribution >= 0.6 is 0 Å². The zero-order chi connectivity index (χ0) is 14.5. The maximum Gasteiger partial charge on any atom is 0.105 e. The van der Waals surface area contributed by atoms with Gasteiger partial charge < -0.3 is 24.3 Å². The molecule has 1 rings (SSSR count). The maximum absolute atomic E-state index is 9.70. The van der Waals surface area contributed by atoms with E-state index >= 15 is 0 Å². The van der Waals surface area contributed by atoms with Crippen molar-refractivity contribution >= 4 is 0 Å². The van der Waals surface area contributed by atoms with Gasteiger partial charge in [0, 0.05) is 26.1 Å². The fourth-order valence-electron chi connectivity index (χ4n) is 1.68. The lowest BCUT2D eigenvalue weighted by atomic mass is 10.3. The van der Waals surface area contributed by atoms with Gasteiger partial charge in [-0.1, -0.05) is 13.3 Å². The van der Waals surface area contributed by atoms with E-state index in [4.69, 9.17) is 13.9 Å². The molecule has 0 aliphatic carbocycles. The molecule has 5 nitrogen and oxygen atoms in total. The Morgan fingerprint density at radius 3 is 2.90 bits per heavy atom. The van der Waals surface area contributed by atoms with Crippen LogP contribution in [0, 0.1) is 0 Å². The van der Waals surface area contributed by atoms with Crippen LogP contribution in [0.1, 0.15) is 25.5 Å². The fourth-order valence-corrected chi connectivity index (χ4v) is 1.68. The van der Waals surface area contributed by atoms with Crippen LogP contribution in [0.2, 0.25) is 0 Å². The van der Waals surface area contributed by atoms with E-state index < -0.39 is 6.10 Å². The van der Waals surface area contributed by atoms with Crippen LogP contribution in [-0.4, -0.2) is 50.7 Å². The lowest BCUT2D eigenvalue weighted by Gasteiger charge is -2.12. The molecule has 1 unspecified atom stereocenters. The second-order valence-corrected chi connectivity index (χ2v) is 4.73. The van der Waals surface area contributed by atoms with Crippen molar-refractivity contribution < 1.29 is 19.0 Å². The lowest BCUT2D eigenvalue weighted by Crippen LogP contribution is -2.32. The summed E-state index contributed by atoms with van der Waals surface area (Å²) in [4.78, 5) is 0.